The summed E-state index contributed by atoms with van der Waals surface area (Å²) in [5, 5.41) is 2.35. The van der Waals surface area contributed by atoms with Crippen LogP contribution in [0.2, 0.25) is 0 Å². The lowest BCUT2D eigenvalue weighted by molar-refractivity contribution is -0.122. The number of benzene rings is 2. The average molecular weight is 346 g/mol. The summed E-state index contributed by atoms with van der Waals surface area (Å²) in [6.45, 7) is -0.0945. The summed E-state index contributed by atoms with van der Waals surface area (Å²) in [6.07, 6.45) is 1.35. The molecular formula is C17H12F2N2O2S. The summed E-state index contributed by atoms with van der Waals surface area (Å²) in [6, 6.07) is 11.7. The van der Waals surface area contributed by atoms with E-state index in [1.165, 1.54) is 36.4 Å². The van der Waals surface area contributed by atoms with Gasteiger partial charge in [0, 0.05) is 11.3 Å². The Hall–Kier alpha value is -2.67. The van der Waals surface area contributed by atoms with Crippen LogP contribution >= 0.6 is 11.8 Å². The third kappa shape index (κ3) is 3.46. The Bertz CT molecular complexity index is 839. The number of hydrogen-bond acceptors (Lipinski definition) is 4. The van der Waals surface area contributed by atoms with E-state index in [4.69, 9.17) is 0 Å². The fourth-order valence-corrected chi connectivity index (χ4v) is 2.97. The van der Waals surface area contributed by atoms with Crippen LogP contribution in [0.5, 0.6) is 0 Å². The fraction of sp³-hybridized carbons (Fsp3) is 0.0588. The van der Waals surface area contributed by atoms with Gasteiger partial charge >= 0.3 is 0 Å². The van der Waals surface area contributed by atoms with Crippen LogP contribution in [-0.2, 0) is 4.79 Å². The van der Waals surface area contributed by atoms with Crippen molar-refractivity contribution < 1.29 is 18.4 Å². The molecular weight excluding hydrogens is 334 g/mol. The first kappa shape index (κ1) is 16.2. The summed E-state index contributed by atoms with van der Waals surface area (Å²) >= 11 is 0.741. The summed E-state index contributed by atoms with van der Waals surface area (Å²) in [4.78, 5) is 25.4. The van der Waals surface area contributed by atoms with Crippen molar-refractivity contribution in [3.8, 4) is 0 Å². The second-order valence-corrected chi connectivity index (χ2v) is 5.97. The number of nitrogens with one attached hydrogen (secondary N) is 1. The molecule has 1 heterocycles. The number of carbonyl (C=O) groups excluding carboxylic acids is 2. The third-order valence-corrected chi connectivity index (χ3v) is 4.24. The topological polar surface area (TPSA) is 49.4 Å². The predicted molar refractivity (Wildman–Crippen MR) is 89.1 cm³/mol. The van der Waals surface area contributed by atoms with Crippen LogP contribution in [-0.4, -0.2) is 22.7 Å². The van der Waals surface area contributed by atoms with Crippen molar-refractivity contribution in [2.45, 2.75) is 0 Å². The van der Waals surface area contributed by atoms with E-state index in [1.807, 2.05) is 0 Å². The Morgan fingerprint density at radius 2 is 1.88 bits per heavy atom. The molecule has 0 radical (unpaired) electrons. The van der Waals surface area contributed by atoms with Gasteiger partial charge in [-0.1, -0.05) is 24.3 Å². The van der Waals surface area contributed by atoms with Gasteiger partial charge in [0.15, 0.2) is 0 Å². The van der Waals surface area contributed by atoms with Crippen molar-refractivity contribution in [2.24, 2.45) is 0 Å². The Morgan fingerprint density at radius 3 is 2.62 bits per heavy atom. The molecule has 24 heavy (non-hydrogen) atoms. The molecule has 7 heteroatoms. The number of nitrogens with zero attached hydrogens (tertiary/aromatic N) is 1. The largest absolute Gasteiger partial charge is 0.367 e. The van der Waals surface area contributed by atoms with Crippen molar-refractivity contribution in [2.75, 3.05) is 12.0 Å². The molecule has 1 saturated heterocycles. The number of carbonyl (C=O) groups is 2. The van der Waals surface area contributed by atoms with E-state index in [0.717, 1.165) is 16.7 Å². The number of anilines is 1. The first-order chi connectivity index (χ1) is 11.5. The third-order valence-electron chi connectivity index (χ3n) is 3.33. The van der Waals surface area contributed by atoms with Crippen LogP contribution in [0.3, 0.4) is 0 Å². The van der Waals surface area contributed by atoms with Gasteiger partial charge in [0.1, 0.15) is 11.6 Å². The van der Waals surface area contributed by atoms with Gasteiger partial charge in [-0.15, -0.1) is 0 Å². The molecule has 2 amide bonds. The van der Waals surface area contributed by atoms with Crippen LogP contribution in [0.15, 0.2) is 53.4 Å². The molecule has 3 rings (SSSR count). The lowest BCUT2D eigenvalue weighted by Crippen LogP contribution is -2.33. The number of halogens is 2. The van der Waals surface area contributed by atoms with Gasteiger partial charge in [-0.05, 0) is 42.1 Å². The zero-order valence-corrected chi connectivity index (χ0v) is 13.1. The minimum Gasteiger partial charge on any atom is -0.367 e. The van der Waals surface area contributed by atoms with Crippen molar-refractivity contribution in [1.82, 2.24) is 4.90 Å². The maximum Gasteiger partial charge on any atom is 0.295 e. The number of amides is 2. The van der Waals surface area contributed by atoms with Crippen molar-refractivity contribution in [3.05, 3.63) is 70.6 Å². The molecule has 1 aliphatic heterocycles. The normalized spacial score (nSPS) is 16.1. The van der Waals surface area contributed by atoms with Crippen LogP contribution in [0, 0.1) is 11.6 Å². The molecule has 2 aromatic carbocycles. The van der Waals surface area contributed by atoms with Gasteiger partial charge in [0.25, 0.3) is 11.1 Å². The Kier molecular flexibility index (Phi) is 4.61. The lowest BCUT2D eigenvalue weighted by Gasteiger charge is -2.14. The highest BCUT2D eigenvalue weighted by atomic mass is 32.2. The number of rotatable bonds is 4. The number of hydrogen-bond donors (Lipinski definition) is 1. The molecule has 0 spiro atoms. The van der Waals surface area contributed by atoms with Crippen LogP contribution in [0.25, 0.3) is 6.08 Å². The van der Waals surface area contributed by atoms with Crippen molar-refractivity contribution in [1.29, 1.82) is 0 Å². The van der Waals surface area contributed by atoms with Crippen LogP contribution < -0.4 is 5.32 Å². The van der Waals surface area contributed by atoms with Crippen molar-refractivity contribution in [3.63, 3.8) is 0 Å². The summed E-state index contributed by atoms with van der Waals surface area (Å²) in [7, 11) is 0. The fourth-order valence-electron chi connectivity index (χ4n) is 2.14. The van der Waals surface area contributed by atoms with E-state index in [-0.39, 0.29) is 17.1 Å². The van der Waals surface area contributed by atoms with E-state index >= 15 is 0 Å². The molecule has 1 N–H and O–H groups in total. The minimum atomic E-state index is -0.517. The molecule has 0 unspecified atom stereocenters. The lowest BCUT2D eigenvalue weighted by atomic mass is 10.2. The standard InChI is InChI=1S/C17H12F2N2O2S/c18-12-5-3-6-13(9-12)20-10-21-16(22)15(24-17(21)23)8-11-4-1-2-7-14(11)19/h1-9,20H,10H2. The summed E-state index contributed by atoms with van der Waals surface area (Å²) < 4.78 is 26.8. The van der Waals surface area contributed by atoms with Crippen LogP contribution in [0.1, 0.15) is 5.56 Å². The average Bonchev–Trinajstić information content (AvgIpc) is 2.82. The van der Waals surface area contributed by atoms with Gasteiger partial charge < -0.3 is 5.32 Å². The Labute approximate surface area is 141 Å². The smallest absolute Gasteiger partial charge is 0.295 e. The number of imide groups is 1. The van der Waals surface area contributed by atoms with E-state index < -0.39 is 22.8 Å². The second-order valence-electron chi connectivity index (χ2n) is 4.98. The molecule has 0 atom stereocenters. The van der Waals surface area contributed by atoms with E-state index in [0.29, 0.717) is 5.69 Å². The number of thioether (sulfide) groups is 1. The molecule has 0 saturated carbocycles. The maximum atomic E-state index is 13.7. The van der Waals surface area contributed by atoms with E-state index in [9.17, 15) is 18.4 Å². The highest BCUT2D eigenvalue weighted by Crippen LogP contribution is 2.32. The van der Waals surface area contributed by atoms with Gasteiger partial charge in [-0.25, -0.2) is 8.78 Å². The monoisotopic (exact) mass is 346 g/mol. The van der Waals surface area contributed by atoms with Gasteiger partial charge in [-0.3, -0.25) is 14.5 Å². The predicted octanol–water partition coefficient (Wildman–Crippen LogP) is 4.07. The summed E-state index contributed by atoms with van der Waals surface area (Å²) in [5.41, 5.74) is 0.688. The second kappa shape index (κ2) is 6.84. The zero-order valence-electron chi connectivity index (χ0n) is 12.3. The van der Waals surface area contributed by atoms with E-state index in [1.54, 1.807) is 18.2 Å². The summed E-state index contributed by atoms with van der Waals surface area (Å²) in [5.74, 6) is -1.41. The SMILES string of the molecule is O=C1SC(=Cc2ccccc2F)C(=O)N1CNc1cccc(F)c1. The molecule has 1 aliphatic rings. The molecule has 122 valence electrons. The van der Waals surface area contributed by atoms with Gasteiger partial charge in [0.2, 0.25) is 0 Å². The van der Waals surface area contributed by atoms with E-state index in [2.05, 4.69) is 5.32 Å². The van der Waals surface area contributed by atoms with Crippen molar-refractivity contribution >= 4 is 34.7 Å². The highest BCUT2D eigenvalue weighted by molar-refractivity contribution is 8.18. The quantitative estimate of drug-likeness (QED) is 0.848. The first-order valence-electron chi connectivity index (χ1n) is 7.04. The zero-order chi connectivity index (χ0) is 17.1. The molecule has 2 aromatic rings. The molecule has 1 fully saturated rings. The molecule has 0 aromatic heterocycles. The van der Waals surface area contributed by atoms with Gasteiger partial charge in [0.05, 0.1) is 11.6 Å². The van der Waals surface area contributed by atoms with Gasteiger partial charge in [-0.2, -0.15) is 0 Å². The molecule has 0 bridgehead atoms. The molecule has 4 nitrogen and oxygen atoms in total. The highest BCUT2D eigenvalue weighted by Gasteiger charge is 2.34. The maximum absolute atomic E-state index is 13.7. The Balaban J connectivity index is 1.73. The van der Waals surface area contributed by atoms with Crippen LogP contribution in [0.4, 0.5) is 19.3 Å². The first-order valence-corrected chi connectivity index (χ1v) is 7.85. The minimum absolute atomic E-state index is 0.0945. The Morgan fingerprint density at radius 1 is 1.08 bits per heavy atom. The molecule has 0 aliphatic carbocycles.